The predicted octanol–water partition coefficient (Wildman–Crippen LogP) is 1.82. The molecule has 0 spiro atoms. The van der Waals surface area contributed by atoms with Crippen molar-refractivity contribution in [2.75, 3.05) is 6.54 Å². The van der Waals surface area contributed by atoms with Gasteiger partial charge in [0.1, 0.15) is 0 Å². The molecule has 0 fully saturated rings. The highest BCUT2D eigenvalue weighted by atomic mass is 15.4. The molecule has 0 unspecified atom stereocenters. The van der Waals surface area contributed by atoms with E-state index < -0.39 is 0 Å². The summed E-state index contributed by atoms with van der Waals surface area (Å²) in [7, 11) is 0. The molecule has 15 heavy (non-hydrogen) atoms. The molecule has 0 aromatic carbocycles. The quantitative estimate of drug-likeness (QED) is 0.746. The molecule has 0 saturated heterocycles. The molecule has 1 aromatic heterocycles. The van der Waals surface area contributed by atoms with Gasteiger partial charge < -0.3 is 5.32 Å². The first-order valence-corrected chi connectivity index (χ1v) is 5.82. The number of nitrogens with one attached hydrogen (secondary N) is 1. The second kappa shape index (κ2) is 6.56. The fourth-order valence-electron chi connectivity index (χ4n) is 1.44. The van der Waals surface area contributed by atoms with Crippen molar-refractivity contribution < 1.29 is 0 Å². The molecule has 0 aliphatic heterocycles. The van der Waals surface area contributed by atoms with Crippen molar-refractivity contribution in [3.8, 4) is 0 Å². The summed E-state index contributed by atoms with van der Waals surface area (Å²) in [5, 5.41) is 11.4. The molecule has 0 aliphatic rings. The van der Waals surface area contributed by atoms with Crippen LogP contribution >= 0.6 is 0 Å². The van der Waals surface area contributed by atoms with E-state index in [0.29, 0.717) is 0 Å². The summed E-state index contributed by atoms with van der Waals surface area (Å²) in [6, 6.07) is 0. The molecule has 1 N–H and O–H groups in total. The molecule has 1 rings (SSSR count). The van der Waals surface area contributed by atoms with Crippen LogP contribution < -0.4 is 5.32 Å². The van der Waals surface area contributed by atoms with Crippen LogP contribution in [0.25, 0.3) is 0 Å². The number of hydrogen-bond donors (Lipinski definition) is 1. The van der Waals surface area contributed by atoms with Crippen LogP contribution in [0.1, 0.15) is 39.3 Å². The van der Waals surface area contributed by atoms with E-state index >= 15 is 0 Å². The molecule has 0 amide bonds. The van der Waals surface area contributed by atoms with E-state index in [1.54, 1.807) is 0 Å². The van der Waals surface area contributed by atoms with Crippen molar-refractivity contribution in [1.82, 2.24) is 20.3 Å². The lowest BCUT2D eigenvalue weighted by atomic mass is 10.1. The maximum atomic E-state index is 4.10. The Balaban J connectivity index is 2.26. The largest absolute Gasteiger partial charge is 0.311 e. The minimum atomic E-state index is 0.773. The number of nitrogens with zero attached hydrogens (tertiary/aromatic N) is 3. The molecule has 0 bridgehead atoms. The predicted molar refractivity (Wildman–Crippen MR) is 61.5 cm³/mol. The highest BCUT2D eigenvalue weighted by Gasteiger charge is 2.00. The summed E-state index contributed by atoms with van der Waals surface area (Å²) in [4.78, 5) is 0. The van der Waals surface area contributed by atoms with Gasteiger partial charge in [-0.2, -0.15) is 0 Å². The van der Waals surface area contributed by atoms with Gasteiger partial charge in [0, 0.05) is 19.3 Å². The van der Waals surface area contributed by atoms with E-state index in [1.165, 1.54) is 12.8 Å². The molecule has 1 aromatic rings. The van der Waals surface area contributed by atoms with Crippen LogP contribution in [0.3, 0.4) is 0 Å². The lowest BCUT2D eigenvalue weighted by molar-refractivity contribution is 0.482. The van der Waals surface area contributed by atoms with Crippen molar-refractivity contribution in [1.29, 1.82) is 0 Å². The Bertz CT molecular complexity index is 267. The van der Waals surface area contributed by atoms with Crippen LogP contribution in [-0.4, -0.2) is 21.5 Å². The van der Waals surface area contributed by atoms with Gasteiger partial charge in [0.15, 0.2) is 0 Å². The Morgan fingerprint density at radius 3 is 2.93 bits per heavy atom. The third kappa shape index (κ3) is 4.93. The van der Waals surface area contributed by atoms with Crippen LogP contribution in [-0.2, 0) is 13.1 Å². The Kier molecular flexibility index (Phi) is 5.32. The standard InChI is InChI=1S/C11H22N4/c1-4-12-8-11-9-15(14-13-11)7-5-6-10(2)3/h9-10,12H,4-8H2,1-3H3. The van der Waals surface area contributed by atoms with Crippen molar-refractivity contribution >= 4 is 0 Å². The maximum absolute atomic E-state index is 4.10. The Hall–Kier alpha value is -0.900. The summed E-state index contributed by atoms with van der Waals surface area (Å²) in [5.74, 6) is 0.773. The third-order valence-electron chi connectivity index (χ3n) is 2.31. The molecule has 0 radical (unpaired) electrons. The molecular formula is C11H22N4. The van der Waals surface area contributed by atoms with Gasteiger partial charge in [0.2, 0.25) is 0 Å². The number of hydrogen-bond acceptors (Lipinski definition) is 3. The van der Waals surface area contributed by atoms with E-state index in [4.69, 9.17) is 0 Å². The van der Waals surface area contributed by atoms with Gasteiger partial charge in [0.05, 0.1) is 5.69 Å². The second-order valence-electron chi connectivity index (χ2n) is 4.29. The van der Waals surface area contributed by atoms with Crippen LogP contribution in [0.5, 0.6) is 0 Å². The first-order chi connectivity index (χ1) is 7.22. The maximum Gasteiger partial charge on any atom is 0.0964 e. The Morgan fingerprint density at radius 2 is 2.27 bits per heavy atom. The van der Waals surface area contributed by atoms with Gasteiger partial charge in [-0.3, -0.25) is 4.68 Å². The fourth-order valence-corrected chi connectivity index (χ4v) is 1.44. The highest BCUT2D eigenvalue weighted by molar-refractivity contribution is 4.91. The molecule has 4 nitrogen and oxygen atoms in total. The highest BCUT2D eigenvalue weighted by Crippen LogP contribution is 2.04. The summed E-state index contributed by atoms with van der Waals surface area (Å²) >= 11 is 0. The zero-order chi connectivity index (χ0) is 11.1. The first-order valence-electron chi connectivity index (χ1n) is 5.82. The minimum Gasteiger partial charge on any atom is -0.311 e. The van der Waals surface area contributed by atoms with Crippen molar-refractivity contribution in [3.05, 3.63) is 11.9 Å². The van der Waals surface area contributed by atoms with E-state index in [-0.39, 0.29) is 0 Å². The number of aryl methyl sites for hydroxylation is 1. The van der Waals surface area contributed by atoms with E-state index in [1.807, 2.05) is 10.9 Å². The fraction of sp³-hybridized carbons (Fsp3) is 0.818. The van der Waals surface area contributed by atoms with E-state index in [9.17, 15) is 0 Å². The van der Waals surface area contributed by atoms with Crippen LogP contribution in [0, 0.1) is 5.92 Å². The zero-order valence-electron chi connectivity index (χ0n) is 10.0. The normalized spacial score (nSPS) is 11.2. The first kappa shape index (κ1) is 12.2. The zero-order valence-corrected chi connectivity index (χ0v) is 10.0. The average molecular weight is 210 g/mol. The lowest BCUT2D eigenvalue weighted by Crippen LogP contribution is -2.11. The molecule has 0 atom stereocenters. The summed E-state index contributed by atoms with van der Waals surface area (Å²) in [6.45, 7) is 9.36. The molecule has 0 aliphatic carbocycles. The molecule has 0 saturated carbocycles. The van der Waals surface area contributed by atoms with Crippen molar-refractivity contribution in [2.24, 2.45) is 5.92 Å². The van der Waals surface area contributed by atoms with Gasteiger partial charge in [-0.05, 0) is 25.3 Å². The van der Waals surface area contributed by atoms with Crippen LogP contribution in [0.2, 0.25) is 0 Å². The van der Waals surface area contributed by atoms with Gasteiger partial charge in [0.25, 0.3) is 0 Å². The summed E-state index contributed by atoms with van der Waals surface area (Å²) < 4.78 is 1.94. The number of aromatic nitrogens is 3. The topological polar surface area (TPSA) is 42.7 Å². The van der Waals surface area contributed by atoms with Crippen LogP contribution in [0.15, 0.2) is 6.20 Å². The van der Waals surface area contributed by atoms with E-state index in [0.717, 1.165) is 31.2 Å². The van der Waals surface area contributed by atoms with Gasteiger partial charge in [-0.1, -0.05) is 26.0 Å². The second-order valence-corrected chi connectivity index (χ2v) is 4.29. The third-order valence-corrected chi connectivity index (χ3v) is 2.31. The summed E-state index contributed by atoms with van der Waals surface area (Å²) in [5.41, 5.74) is 1.03. The minimum absolute atomic E-state index is 0.773. The Morgan fingerprint density at radius 1 is 1.47 bits per heavy atom. The lowest BCUT2D eigenvalue weighted by Gasteiger charge is -2.03. The smallest absolute Gasteiger partial charge is 0.0964 e. The van der Waals surface area contributed by atoms with E-state index in [2.05, 4.69) is 36.4 Å². The number of rotatable bonds is 7. The summed E-state index contributed by atoms with van der Waals surface area (Å²) in [6.07, 6.45) is 4.47. The van der Waals surface area contributed by atoms with Gasteiger partial charge >= 0.3 is 0 Å². The van der Waals surface area contributed by atoms with Gasteiger partial charge in [-0.15, -0.1) is 5.10 Å². The van der Waals surface area contributed by atoms with Gasteiger partial charge in [-0.25, -0.2) is 0 Å². The van der Waals surface area contributed by atoms with Crippen molar-refractivity contribution in [3.63, 3.8) is 0 Å². The molecule has 1 heterocycles. The SMILES string of the molecule is CCNCc1cn(CCCC(C)C)nn1. The monoisotopic (exact) mass is 210 g/mol. The average Bonchev–Trinajstić information content (AvgIpc) is 2.62. The van der Waals surface area contributed by atoms with Crippen LogP contribution in [0.4, 0.5) is 0 Å². The molecule has 4 heteroatoms. The molecule has 86 valence electrons. The molecular weight excluding hydrogens is 188 g/mol. The van der Waals surface area contributed by atoms with Crippen molar-refractivity contribution in [2.45, 2.75) is 46.7 Å². The Labute approximate surface area is 92.1 Å².